The van der Waals surface area contributed by atoms with Crippen molar-refractivity contribution >= 4 is 16.8 Å². The highest BCUT2D eigenvalue weighted by atomic mass is 16.1. The summed E-state index contributed by atoms with van der Waals surface area (Å²) in [6.45, 7) is 1.82. The number of amides is 1. The van der Waals surface area contributed by atoms with Gasteiger partial charge in [-0.3, -0.25) is 14.3 Å². The fourth-order valence-corrected chi connectivity index (χ4v) is 3.27. The second kappa shape index (κ2) is 7.81. The van der Waals surface area contributed by atoms with E-state index in [2.05, 4.69) is 28.3 Å². The lowest BCUT2D eigenvalue weighted by molar-refractivity contribution is 0.0943. The molecule has 1 amide bonds. The topological polar surface area (TPSA) is 46.9 Å². The maximum absolute atomic E-state index is 12.8. The maximum Gasteiger partial charge on any atom is 0.252 e. The van der Waals surface area contributed by atoms with Crippen LogP contribution in [-0.2, 0) is 0 Å². The first kappa shape index (κ1) is 17.6. The van der Waals surface area contributed by atoms with Crippen molar-refractivity contribution in [3.63, 3.8) is 0 Å². The van der Waals surface area contributed by atoms with Crippen LogP contribution >= 0.6 is 0 Å². The molecular formula is C24H19N3O. The zero-order valence-corrected chi connectivity index (χ0v) is 15.5. The van der Waals surface area contributed by atoms with Crippen LogP contribution in [0.2, 0.25) is 0 Å². The van der Waals surface area contributed by atoms with Crippen LogP contribution in [0.25, 0.3) is 10.9 Å². The molecule has 0 saturated carbocycles. The molecular weight excluding hydrogens is 346 g/mol. The van der Waals surface area contributed by atoms with Gasteiger partial charge in [-0.15, -0.1) is 0 Å². The molecule has 0 fully saturated rings. The Kier molecular flexibility index (Phi) is 4.90. The average Bonchev–Trinajstić information content (AvgIpc) is 3.15. The van der Waals surface area contributed by atoms with Crippen molar-refractivity contribution in [3.05, 3.63) is 102 Å². The molecule has 1 atom stereocenters. The smallest absolute Gasteiger partial charge is 0.252 e. The molecule has 2 aromatic carbocycles. The van der Waals surface area contributed by atoms with E-state index in [1.54, 1.807) is 12.4 Å². The highest BCUT2D eigenvalue weighted by Gasteiger charge is 2.19. The summed E-state index contributed by atoms with van der Waals surface area (Å²) in [6, 6.07) is 24.0. The molecule has 4 rings (SSSR count). The van der Waals surface area contributed by atoms with Gasteiger partial charge in [-0.2, -0.15) is 0 Å². The van der Waals surface area contributed by atoms with E-state index < -0.39 is 0 Å². The molecule has 0 aliphatic carbocycles. The molecule has 0 spiro atoms. The van der Waals surface area contributed by atoms with Gasteiger partial charge >= 0.3 is 0 Å². The van der Waals surface area contributed by atoms with Gasteiger partial charge in [0.1, 0.15) is 0 Å². The normalized spacial score (nSPS) is 11.5. The van der Waals surface area contributed by atoms with Crippen molar-refractivity contribution < 1.29 is 4.79 Å². The number of nitrogens with zero attached hydrogens (tertiary/aromatic N) is 2. The summed E-state index contributed by atoms with van der Waals surface area (Å²) in [7, 11) is 0. The summed E-state index contributed by atoms with van der Waals surface area (Å²) < 4.78 is 1.90. The summed E-state index contributed by atoms with van der Waals surface area (Å²) in [4.78, 5) is 17.0. The summed E-state index contributed by atoms with van der Waals surface area (Å²) in [6.07, 6.45) is 5.47. The van der Waals surface area contributed by atoms with Gasteiger partial charge in [-0.1, -0.05) is 36.3 Å². The lowest BCUT2D eigenvalue weighted by atomic mass is 9.98. The molecule has 4 heteroatoms. The number of carbonyl (C=O) groups excluding carboxylic acids is 1. The third-order valence-electron chi connectivity index (χ3n) is 4.61. The Bertz CT molecular complexity index is 1170. The number of hydrogen-bond donors (Lipinski definition) is 1. The van der Waals surface area contributed by atoms with Crippen LogP contribution in [0.4, 0.5) is 0 Å². The number of aromatic nitrogens is 2. The van der Waals surface area contributed by atoms with Crippen molar-refractivity contribution in [3.8, 4) is 12.0 Å². The van der Waals surface area contributed by atoms with Gasteiger partial charge in [0.2, 0.25) is 0 Å². The van der Waals surface area contributed by atoms with Gasteiger partial charge < -0.3 is 5.32 Å². The van der Waals surface area contributed by atoms with Crippen LogP contribution in [0.5, 0.6) is 0 Å². The molecule has 0 radical (unpaired) electrons. The molecule has 0 aliphatic rings. The van der Waals surface area contributed by atoms with E-state index in [-0.39, 0.29) is 11.9 Å². The quantitative estimate of drug-likeness (QED) is 0.546. The van der Waals surface area contributed by atoms with E-state index in [0.29, 0.717) is 5.56 Å². The largest absolute Gasteiger partial charge is 0.341 e. The van der Waals surface area contributed by atoms with Gasteiger partial charge in [0.05, 0.1) is 11.6 Å². The lowest BCUT2D eigenvalue weighted by Crippen LogP contribution is -2.29. The third kappa shape index (κ3) is 3.51. The Morgan fingerprint density at radius 3 is 2.64 bits per heavy atom. The van der Waals surface area contributed by atoms with E-state index in [1.165, 1.54) is 0 Å². The predicted molar refractivity (Wildman–Crippen MR) is 111 cm³/mol. The maximum atomic E-state index is 12.8. The Morgan fingerprint density at radius 2 is 1.89 bits per heavy atom. The first-order chi connectivity index (χ1) is 13.8. The fourth-order valence-electron chi connectivity index (χ4n) is 3.27. The summed E-state index contributed by atoms with van der Waals surface area (Å²) in [5.74, 6) is 2.80. The number of rotatable bonds is 4. The second-order valence-corrected chi connectivity index (χ2v) is 6.42. The molecule has 2 aromatic heterocycles. The van der Waals surface area contributed by atoms with Crippen molar-refractivity contribution in [1.82, 2.24) is 14.9 Å². The van der Waals surface area contributed by atoms with Gasteiger partial charge in [-0.25, -0.2) is 0 Å². The van der Waals surface area contributed by atoms with E-state index in [0.717, 1.165) is 22.0 Å². The Morgan fingerprint density at radius 1 is 1.04 bits per heavy atom. The number of pyridine rings is 1. The number of hydrogen-bond acceptors (Lipinski definition) is 2. The molecule has 4 nitrogen and oxygen atoms in total. The highest BCUT2D eigenvalue weighted by molar-refractivity contribution is 5.94. The lowest BCUT2D eigenvalue weighted by Gasteiger charge is -2.20. The standard InChI is InChI=1S/C24H19N3O/c1-2-14-27-15-12-19-16-20(10-11-22(19)27)23(21-9-6-13-25-17-21)26-24(28)18-7-4-3-5-8-18/h3-13,15-17,23H,1H3,(H,26,28). The first-order valence-electron chi connectivity index (χ1n) is 9.06. The predicted octanol–water partition coefficient (Wildman–Crippen LogP) is 4.38. The van der Waals surface area contributed by atoms with Gasteiger partial charge in [0.15, 0.2) is 0 Å². The monoisotopic (exact) mass is 365 g/mol. The minimum absolute atomic E-state index is 0.121. The van der Waals surface area contributed by atoms with Crippen LogP contribution in [0.15, 0.2) is 85.3 Å². The molecule has 0 bridgehead atoms. The van der Waals surface area contributed by atoms with E-state index >= 15 is 0 Å². The second-order valence-electron chi connectivity index (χ2n) is 6.42. The molecule has 1 unspecified atom stereocenters. The molecule has 0 aliphatic heterocycles. The fraction of sp³-hybridized carbons (Fsp3) is 0.0833. The van der Waals surface area contributed by atoms with Crippen molar-refractivity contribution in [2.45, 2.75) is 13.0 Å². The summed E-state index contributed by atoms with van der Waals surface area (Å²) in [5.41, 5.74) is 3.59. The SMILES string of the molecule is CC#Cn1ccc2cc(C(NC(=O)c3ccccc3)c3cccnc3)ccc21. The molecule has 2 heterocycles. The Balaban J connectivity index is 1.74. The minimum atomic E-state index is -0.300. The summed E-state index contributed by atoms with van der Waals surface area (Å²) in [5, 5.41) is 4.22. The van der Waals surface area contributed by atoms with E-state index in [4.69, 9.17) is 0 Å². The van der Waals surface area contributed by atoms with Crippen molar-refractivity contribution in [2.24, 2.45) is 0 Å². The Labute approximate surface area is 163 Å². The first-order valence-corrected chi connectivity index (χ1v) is 9.06. The third-order valence-corrected chi connectivity index (χ3v) is 4.61. The van der Waals surface area contributed by atoms with E-state index in [1.807, 2.05) is 78.4 Å². The zero-order chi connectivity index (χ0) is 19.3. The molecule has 4 aromatic rings. The van der Waals surface area contributed by atoms with Crippen LogP contribution in [-0.4, -0.2) is 15.5 Å². The van der Waals surface area contributed by atoms with Crippen LogP contribution in [0.1, 0.15) is 34.5 Å². The molecule has 28 heavy (non-hydrogen) atoms. The van der Waals surface area contributed by atoms with Crippen LogP contribution in [0, 0.1) is 12.0 Å². The average molecular weight is 365 g/mol. The summed E-state index contributed by atoms with van der Waals surface area (Å²) >= 11 is 0. The van der Waals surface area contributed by atoms with E-state index in [9.17, 15) is 4.79 Å². The molecule has 136 valence electrons. The van der Waals surface area contributed by atoms with Crippen molar-refractivity contribution in [1.29, 1.82) is 0 Å². The minimum Gasteiger partial charge on any atom is -0.341 e. The zero-order valence-electron chi connectivity index (χ0n) is 15.5. The van der Waals surface area contributed by atoms with Gasteiger partial charge in [0, 0.05) is 35.6 Å². The molecule has 0 saturated heterocycles. The van der Waals surface area contributed by atoms with Crippen LogP contribution < -0.4 is 5.32 Å². The van der Waals surface area contributed by atoms with Gasteiger partial charge in [-0.05, 0) is 54.4 Å². The van der Waals surface area contributed by atoms with Crippen molar-refractivity contribution in [2.75, 3.05) is 0 Å². The number of carbonyl (C=O) groups is 1. The van der Waals surface area contributed by atoms with Gasteiger partial charge in [0.25, 0.3) is 5.91 Å². The highest BCUT2D eigenvalue weighted by Crippen LogP contribution is 2.26. The number of nitrogens with one attached hydrogen (secondary N) is 1. The van der Waals surface area contributed by atoms with Crippen LogP contribution in [0.3, 0.4) is 0 Å². The number of fused-ring (bicyclic) bond motifs is 1. The Hall–Kier alpha value is -3.84. The molecule has 1 N–H and O–H groups in total. The number of benzene rings is 2.